The number of methoxy groups -OCH3 is 1. The predicted octanol–water partition coefficient (Wildman–Crippen LogP) is 5.03. The lowest BCUT2D eigenvalue weighted by molar-refractivity contribution is 0.0696. The first kappa shape index (κ1) is 25.8. The zero-order valence-electron chi connectivity index (χ0n) is 21.5. The first-order chi connectivity index (χ1) is 18.3. The van der Waals surface area contributed by atoms with Gasteiger partial charge in [-0.25, -0.2) is 9.97 Å². The summed E-state index contributed by atoms with van der Waals surface area (Å²) in [5.74, 6) is 0.498. The van der Waals surface area contributed by atoms with E-state index in [1.165, 1.54) is 7.11 Å². The molecule has 0 aliphatic carbocycles. The summed E-state index contributed by atoms with van der Waals surface area (Å²) in [6, 6.07) is 11.3. The minimum Gasteiger partial charge on any atom is -0.495 e. The van der Waals surface area contributed by atoms with E-state index in [-0.39, 0.29) is 22.4 Å². The predicted molar refractivity (Wildman–Crippen MR) is 146 cm³/mol. The number of fused-ring (bicyclic) bond motifs is 1. The number of benzene rings is 2. The van der Waals surface area contributed by atoms with Gasteiger partial charge in [-0.05, 0) is 48.7 Å². The molecule has 3 N–H and O–H groups in total. The number of amides is 1. The van der Waals surface area contributed by atoms with Crippen molar-refractivity contribution in [2.45, 2.75) is 38.1 Å². The van der Waals surface area contributed by atoms with E-state index >= 15 is 0 Å². The van der Waals surface area contributed by atoms with Crippen molar-refractivity contribution in [2.24, 2.45) is 0 Å². The number of carbonyl (C=O) groups is 1. The second-order valence-electron chi connectivity index (χ2n) is 10.1. The molecule has 5 rings (SSSR count). The van der Waals surface area contributed by atoms with E-state index in [0.717, 1.165) is 36.2 Å². The van der Waals surface area contributed by atoms with Crippen molar-refractivity contribution in [3.8, 4) is 23.1 Å². The van der Waals surface area contributed by atoms with E-state index in [0.29, 0.717) is 47.4 Å². The quantitative estimate of drug-likeness (QED) is 0.404. The Bertz CT molecular complexity index is 1430. The minimum atomic E-state index is -0.257. The van der Waals surface area contributed by atoms with Gasteiger partial charge in [0.15, 0.2) is 0 Å². The van der Waals surface area contributed by atoms with Gasteiger partial charge in [-0.15, -0.1) is 0 Å². The van der Waals surface area contributed by atoms with Gasteiger partial charge in [-0.3, -0.25) is 4.79 Å². The Morgan fingerprint density at radius 2 is 2.05 bits per heavy atom. The number of carbonyl (C=O) groups excluding carboxylic acids is 1. The average Bonchev–Trinajstić information content (AvgIpc) is 3.23. The molecule has 0 atom stereocenters. The highest BCUT2D eigenvalue weighted by Gasteiger charge is 2.32. The molecule has 2 aliphatic rings. The molecule has 0 saturated carbocycles. The number of ether oxygens (including phenoxy) is 2. The van der Waals surface area contributed by atoms with E-state index < -0.39 is 0 Å². The van der Waals surface area contributed by atoms with E-state index in [1.54, 1.807) is 24.4 Å². The van der Waals surface area contributed by atoms with Crippen LogP contribution in [0.4, 0.5) is 17.3 Å². The number of aromatic nitrogens is 2. The van der Waals surface area contributed by atoms with Crippen LogP contribution in [0.15, 0.2) is 36.5 Å². The van der Waals surface area contributed by atoms with Gasteiger partial charge in [0.25, 0.3) is 5.91 Å². The van der Waals surface area contributed by atoms with Gasteiger partial charge >= 0.3 is 0 Å². The Kier molecular flexibility index (Phi) is 7.11. The summed E-state index contributed by atoms with van der Waals surface area (Å²) < 4.78 is 10.9. The molecule has 3 heterocycles. The largest absolute Gasteiger partial charge is 0.495 e. The first-order valence-corrected chi connectivity index (χ1v) is 12.9. The molecule has 0 unspecified atom stereocenters. The monoisotopic (exact) mass is 532 g/mol. The van der Waals surface area contributed by atoms with Crippen molar-refractivity contribution < 1.29 is 14.3 Å². The minimum absolute atomic E-state index is 0.0503. The maximum atomic E-state index is 12.9. The van der Waals surface area contributed by atoms with Gasteiger partial charge < -0.3 is 25.4 Å². The molecule has 2 aliphatic heterocycles. The molecule has 9 nitrogen and oxygen atoms in total. The zero-order valence-corrected chi connectivity index (χ0v) is 22.3. The topological polar surface area (TPSA) is 121 Å². The molecule has 1 saturated heterocycles. The third-order valence-electron chi connectivity index (χ3n) is 6.98. The van der Waals surface area contributed by atoms with Crippen LogP contribution in [-0.2, 0) is 10.2 Å². The third kappa shape index (κ3) is 5.10. The van der Waals surface area contributed by atoms with Crippen LogP contribution in [0.5, 0.6) is 5.75 Å². The summed E-state index contributed by atoms with van der Waals surface area (Å²) in [6.45, 7) is 6.31. The Labute approximate surface area is 226 Å². The standard InChI is InChI=1S/C28H29ClN6O3/c1-28(2)15-32-25-17(14-30)10-16(11-20(25)28)22-4-7-31-27(34-22)35-23-13-21(29)19(12-24(23)37-3)26(36)33-18-5-8-38-9-6-18/h4,7,10-13,18,32H,5-6,8-9,15H2,1-3H3,(H,33,36)(H,31,34,35). The number of rotatable bonds is 6. The van der Waals surface area contributed by atoms with Crippen LogP contribution in [0, 0.1) is 11.3 Å². The van der Waals surface area contributed by atoms with Crippen LogP contribution in [0.2, 0.25) is 5.02 Å². The number of anilines is 3. The lowest BCUT2D eigenvalue weighted by Crippen LogP contribution is -2.39. The number of hydrogen-bond acceptors (Lipinski definition) is 8. The van der Waals surface area contributed by atoms with Crippen molar-refractivity contribution in [1.29, 1.82) is 5.26 Å². The molecule has 0 radical (unpaired) electrons. The van der Waals surface area contributed by atoms with E-state index in [4.69, 9.17) is 21.1 Å². The van der Waals surface area contributed by atoms with E-state index in [9.17, 15) is 10.1 Å². The molecule has 0 spiro atoms. The maximum absolute atomic E-state index is 12.9. The van der Waals surface area contributed by atoms with Crippen molar-refractivity contribution in [3.63, 3.8) is 0 Å². The fourth-order valence-electron chi connectivity index (χ4n) is 4.81. The summed E-state index contributed by atoms with van der Waals surface area (Å²) >= 11 is 6.52. The number of nitriles is 1. The lowest BCUT2D eigenvalue weighted by Gasteiger charge is -2.23. The van der Waals surface area contributed by atoms with Crippen molar-refractivity contribution in [2.75, 3.05) is 37.5 Å². The smallest absolute Gasteiger partial charge is 0.253 e. The fourth-order valence-corrected chi connectivity index (χ4v) is 5.06. The first-order valence-electron chi connectivity index (χ1n) is 12.5. The van der Waals surface area contributed by atoms with Crippen LogP contribution >= 0.6 is 11.6 Å². The third-order valence-corrected chi connectivity index (χ3v) is 7.30. The van der Waals surface area contributed by atoms with Gasteiger partial charge in [0.05, 0.1) is 40.3 Å². The number of halogens is 1. The van der Waals surface area contributed by atoms with Gasteiger partial charge in [0.1, 0.15) is 11.8 Å². The molecule has 1 fully saturated rings. The Morgan fingerprint density at radius 3 is 2.79 bits per heavy atom. The number of nitrogens with zero attached hydrogens (tertiary/aromatic N) is 3. The van der Waals surface area contributed by atoms with Crippen LogP contribution in [0.1, 0.15) is 48.2 Å². The molecule has 3 aromatic rings. The van der Waals surface area contributed by atoms with Crippen LogP contribution in [0.25, 0.3) is 11.3 Å². The fraction of sp³-hybridized carbons (Fsp3) is 0.357. The Hall–Kier alpha value is -3.87. The highest BCUT2D eigenvalue weighted by Crippen LogP contribution is 2.41. The zero-order chi connectivity index (χ0) is 26.9. The lowest BCUT2D eigenvalue weighted by atomic mass is 9.85. The van der Waals surface area contributed by atoms with Crippen molar-refractivity contribution in [1.82, 2.24) is 15.3 Å². The summed E-state index contributed by atoms with van der Waals surface area (Å²) in [5.41, 5.74) is 4.79. The van der Waals surface area contributed by atoms with Gasteiger partial charge in [0, 0.05) is 43.0 Å². The summed E-state index contributed by atoms with van der Waals surface area (Å²) in [7, 11) is 1.52. The molecule has 2 aromatic carbocycles. The maximum Gasteiger partial charge on any atom is 0.253 e. The highest BCUT2D eigenvalue weighted by molar-refractivity contribution is 6.34. The number of nitrogens with one attached hydrogen (secondary N) is 3. The second-order valence-corrected chi connectivity index (χ2v) is 10.5. The van der Waals surface area contributed by atoms with Gasteiger partial charge in [-0.1, -0.05) is 25.4 Å². The normalized spacial score (nSPS) is 16.2. The van der Waals surface area contributed by atoms with Gasteiger partial charge in [0.2, 0.25) is 5.95 Å². The summed E-state index contributed by atoms with van der Waals surface area (Å²) in [4.78, 5) is 21.9. The Morgan fingerprint density at radius 1 is 1.26 bits per heavy atom. The van der Waals surface area contributed by atoms with Gasteiger partial charge in [-0.2, -0.15) is 5.26 Å². The molecule has 38 heavy (non-hydrogen) atoms. The van der Waals surface area contributed by atoms with Crippen LogP contribution in [-0.4, -0.2) is 48.8 Å². The molecule has 1 amide bonds. The summed E-state index contributed by atoms with van der Waals surface area (Å²) in [5, 5.41) is 19.6. The molecule has 0 bridgehead atoms. The van der Waals surface area contributed by atoms with Crippen molar-refractivity contribution >= 4 is 34.8 Å². The molecule has 10 heteroatoms. The average molecular weight is 533 g/mol. The highest BCUT2D eigenvalue weighted by atomic mass is 35.5. The number of hydrogen-bond donors (Lipinski definition) is 3. The second kappa shape index (κ2) is 10.5. The van der Waals surface area contributed by atoms with E-state index in [1.807, 2.05) is 6.07 Å². The van der Waals surface area contributed by atoms with E-state index in [2.05, 4.69) is 51.9 Å². The summed E-state index contributed by atoms with van der Waals surface area (Å²) in [6.07, 6.45) is 3.18. The van der Waals surface area contributed by atoms with Crippen LogP contribution in [0.3, 0.4) is 0 Å². The SMILES string of the molecule is COc1cc(C(=O)NC2CCOCC2)c(Cl)cc1Nc1nccc(-c2cc(C#N)c3c(c2)C(C)(C)CN3)n1. The van der Waals surface area contributed by atoms with Crippen molar-refractivity contribution in [3.05, 3.63) is 58.2 Å². The Balaban J connectivity index is 1.41. The van der Waals surface area contributed by atoms with Crippen LogP contribution < -0.4 is 20.7 Å². The molecule has 196 valence electrons. The molecular weight excluding hydrogens is 504 g/mol. The molecule has 1 aromatic heterocycles. The molecular formula is C28H29ClN6O3.